The number of carbonyl (C=O) groups excluding carboxylic acids is 5. The maximum atomic E-state index is 14.4. The molecule has 264 valence electrons. The molecule has 0 saturated carbocycles. The summed E-state index contributed by atoms with van der Waals surface area (Å²) in [5, 5.41) is 4.79. The van der Waals surface area contributed by atoms with Crippen molar-refractivity contribution in [2.75, 3.05) is 13.1 Å². The van der Waals surface area contributed by atoms with Gasteiger partial charge in [0.15, 0.2) is 5.78 Å². The van der Waals surface area contributed by atoms with Crippen LogP contribution in [0.4, 0.5) is 4.79 Å². The molecule has 5 aromatic rings. The van der Waals surface area contributed by atoms with Gasteiger partial charge in [0.1, 0.15) is 0 Å². The number of amides is 4. The molecular formula is C43H35N3O6S. The Balaban J connectivity index is 1.09. The Kier molecular flexibility index (Phi) is 10.7. The van der Waals surface area contributed by atoms with Gasteiger partial charge >= 0.3 is 0 Å². The van der Waals surface area contributed by atoms with Crippen molar-refractivity contribution in [2.45, 2.75) is 25.2 Å². The van der Waals surface area contributed by atoms with Crippen molar-refractivity contribution >= 4 is 46.6 Å². The SMILES string of the molecule is O=C1NC(=O)C(=Cc2ccc(C(=O)NC[C@@H]3C[C@@H](OCc4ccccc4-c4ccccc4)CN3C(=O)c3ccccc3C(=O)c3ccccc3)cc2)S1. The zero-order valence-corrected chi connectivity index (χ0v) is 29.4. The van der Waals surface area contributed by atoms with Crippen LogP contribution in [0.1, 0.15) is 54.2 Å². The highest BCUT2D eigenvalue weighted by molar-refractivity contribution is 8.18. The van der Waals surface area contributed by atoms with Crippen LogP contribution in [0.3, 0.4) is 0 Å². The maximum Gasteiger partial charge on any atom is 0.290 e. The first-order valence-corrected chi connectivity index (χ1v) is 18.0. The highest BCUT2D eigenvalue weighted by atomic mass is 32.2. The van der Waals surface area contributed by atoms with E-state index < -0.39 is 17.2 Å². The highest BCUT2D eigenvalue weighted by Crippen LogP contribution is 2.29. The number of ketones is 1. The van der Waals surface area contributed by atoms with Gasteiger partial charge in [0, 0.05) is 29.8 Å². The summed E-state index contributed by atoms with van der Waals surface area (Å²) in [5.41, 5.74) is 5.30. The van der Waals surface area contributed by atoms with Crippen molar-refractivity contribution in [1.82, 2.24) is 15.5 Å². The van der Waals surface area contributed by atoms with Crippen molar-refractivity contribution in [3.63, 3.8) is 0 Å². The molecule has 0 spiro atoms. The molecule has 2 atom stereocenters. The summed E-state index contributed by atoms with van der Waals surface area (Å²) in [4.78, 5) is 66.7. The number of thioether (sulfide) groups is 1. The highest BCUT2D eigenvalue weighted by Gasteiger charge is 2.37. The van der Waals surface area contributed by atoms with E-state index >= 15 is 0 Å². The Bertz CT molecular complexity index is 2200. The first kappa shape index (κ1) is 35.3. The molecule has 0 aromatic heterocycles. The van der Waals surface area contributed by atoms with E-state index in [-0.39, 0.29) is 47.3 Å². The van der Waals surface area contributed by atoms with Crippen LogP contribution in [0.25, 0.3) is 17.2 Å². The van der Waals surface area contributed by atoms with Crippen LogP contribution >= 0.6 is 11.8 Å². The van der Waals surface area contributed by atoms with Crippen molar-refractivity contribution in [3.05, 3.63) is 172 Å². The lowest BCUT2D eigenvalue weighted by Crippen LogP contribution is -2.43. The second kappa shape index (κ2) is 16.1. The number of hydrogen-bond donors (Lipinski definition) is 2. The summed E-state index contributed by atoms with van der Waals surface area (Å²) < 4.78 is 6.49. The average molecular weight is 722 g/mol. The van der Waals surface area contributed by atoms with Crippen molar-refractivity contribution in [1.29, 1.82) is 0 Å². The second-order valence-corrected chi connectivity index (χ2v) is 13.7. The normalized spacial score (nSPS) is 17.5. The molecule has 2 fully saturated rings. The number of nitrogens with one attached hydrogen (secondary N) is 2. The smallest absolute Gasteiger partial charge is 0.290 e. The third-order valence-electron chi connectivity index (χ3n) is 9.26. The average Bonchev–Trinajstić information content (AvgIpc) is 3.77. The molecule has 0 bridgehead atoms. The molecule has 0 aliphatic carbocycles. The van der Waals surface area contributed by atoms with E-state index in [1.54, 1.807) is 83.8 Å². The summed E-state index contributed by atoms with van der Waals surface area (Å²) >= 11 is 0.826. The zero-order valence-electron chi connectivity index (χ0n) is 28.6. The Hall–Kier alpha value is -6.10. The minimum Gasteiger partial charge on any atom is -0.372 e. The Labute approximate surface area is 311 Å². The third kappa shape index (κ3) is 8.19. The first-order valence-electron chi connectivity index (χ1n) is 17.2. The van der Waals surface area contributed by atoms with Gasteiger partial charge in [-0.2, -0.15) is 0 Å². The summed E-state index contributed by atoms with van der Waals surface area (Å²) in [6.07, 6.45) is 1.73. The van der Waals surface area contributed by atoms with Crippen molar-refractivity contribution < 1.29 is 28.7 Å². The lowest BCUT2D eigenvalue weighted by Gasteiger charge is -2.25. The molecule has 2 aliphatic rings. The molecule has 0 radical (unpaired) electrons. The fourth-order valence-electron chi connectivity index (χ4n) is 6.57. The number of rotatable bonds is 11. The molecule has 2 heterocycles. The number of ether oxygens (including phenoxy) is 1. The molecule has 5 aromatic carbocycles. The number of nitrogens with zero attached hydrogens (tertiary/aromatic N) is 1. The predicted molar refractivity (Wildman–Crippen MR) is 204 cm³/mol. The van der Waals surface area contributed by atoms with Gasteiger partial charge in [0.25, 0.3) is 23.0 Å². The fraction of sp³-hybridized carbons (Fsp3) is 0.140. The zero-order chi connectivity index (χ0) is 36.7. The van der Waals surface area contributed by atoms with Gasteiger partial charge in [-0.3, -0.25) is 29.3 Å². The van der Waals surface area contributed by atoms with E-state index in [4.69, 9.17) is 4.74 Å². The predicted octanol–water partition coefficient (Wildman–Crippen LogP) is 7.14. The number of benzene rings is 5. The fourth-order valence-corrected chi connectivity index (χ4v) is 7.26. The molecule has 7 rings (SSSR count). The summed E-state index contributed by atoms with van der Waals surface area (Å²) in [5.74, 6) is -1.35. The monoisotopic (exact) mass is 721 g/mol. The topological polar surface area (TPSA) is 122 Å². The maximum absolute atomic E-state index is 14.4. The molecule has 0 unspecified atom stereocenters. The summed E-state index contributed by atoms with van der Waals surface area (Å²) in [6, 6.07) is 40.1. The van der Waals surface area contributed by atoms with Crippen molar-refractivity contribution in [2.24, 2.45) is 0 Å². The Morgan fingerprint density at radius 1 is 0.774 bits per heavy atom. The standard InChI is InChI=1S/C43H35N3O6S/c47-39(30-13-5-2-6-14-30)36-17-9-10-18-37(36)42(50)46-26-34(52-27-32-15-7-8-16-35(32)29-11-3-1-4-12-29)24-33(46)25-44-40(48)31-21-19-28(20-22-31)23-38-41(49)45-43(51)53-38/h1-23,33-34H,24-27H2,(H,44,48)(H,45,49,51)/t33-,34+/m0/s1. The summed E-state index contributed by atoms with van der Waals surface area (Å²) in [7, 11) is 0. The largest absolute Gasteiger partial charge is 0.372 e. The van der Waals surface area contributed by atoms with E-state index in [9.17, 15) is 24.0 Å². The van der Waals surface area contributed by atoms with Crippen LogP contribution in [0.15, 0.2) is 138 Å². The molecule has 10 heteroatoms. The van der Waals surface area contributed by atoms with E-state index in [1.165, 1.54) is 0 Å². The molecule has 9 nitrogen and oxygen atoms in total. The minimum absolute atomic E-state index is 0.157. The van der Waals surface area contributed by atoms with E-state index in [0.29, 0.717) is 35.3 Å². The molecule has 2 aliphatic heterocycles. The Morgan fingerprint density at radius 3 is 2.15 bits per heavy atom. The Morgan fingerprint density at radius 2 is 1.43 bits per heavy atom. The molecule has 53 heavy (non-hydrogen) atoms. The van der Waals surface area contributed by atoms with Crippen LogP contribution in [-0.4, -0.2) is 58.9 Å². The van der Waals surface area contributed by atoms with Gasteiger partial charge < -0.3 is 15.0 Å². The summed E-state index contributed by atoms with van der Waals surface area (Å²) in [6.45, 7) is 0.763. The van der Waals surface area contributed by atoms with E-state index in [0.717, 1.165) is 28.5 Å². The molecule has 4 amide bonds. The first-order chi connectivity index (χ1) is 25.8. The van der Waals surface area contributed by atoms with E-state index in [2.05, 4.69) is 28.8 Å². The quantitative estimate of drug-likeness (QED) is 0.110. The van der Waals surface area contributed by atoms with Gasteiger partial charge in [-0.1, -0.05) is 115 Å². The van der Waals surface area contributed by atoms with Crippen molar-refractivity contribution in [3.8, 4) is 11.1 Å². The van der Waals surface area contributed by atoms with Gasteiger partial charge in [-0.25, -0.2) is 0 Å². The number of likely N-dealkylation sites (tertiary alicyclic amines) is 1. The second-order valence-electron chi connectivity index (χ2n) is 12.7. The van der Waals surface area contributed by atoms with Crippen LogP contribution in [0.5, 0.6) is 0 Å². The number of carbonyl (C=O) groups is 5. The molecule has 2 N–H and O–H groups in total. The minimum atomic E-state index is -0.452. The molecular weight excluding hydrogens is 687 g/mol. The van der Waals surface area contributed by atoms with Gasteiger partial charge in [0.2, 0.25) is 0 Å². The number of imide groups is 1. The third-order valence-corrected chi connectivity index (χ3v) is 10.1. The van der Waals surface area contributed by atoms with Gasteiger partial charge in [0.05, 0.1) is 29.2 Å². The van der Waals surface area contributed by atoms with Gasteiger partial charge in [-0.05, 0) is 64.7 Å². The van der Waals surface area contributed by atoms with Gasteiger partial charge in [-0.15, -0.1) is 0 Å². The molecule has 2 saturated heterocycles. The lowest BCUT2D eigenvalue weighted by atomic mass is 9.97. The van der Waals surface area contributed by atoms with E-state index in [1.807, 2.05) is 42.5 Å². The number of hydrogen-bond acceptors (Lipinski definition) is 7. The van der Waals surface area contributed by atoms with Crippen LogP contribution in [-0.2, 0) is 16.1 Å². The van der Waals surface area contributed by atoms with Crippen LogP contribution < -0.4 is 10.6 Å². The van der Waals surface area contributed by atoms with Crippen LogP contribution in [0, 0.1) is 0 Å². The lowest BCUT2D eigenvalue weighted by molar-refractivity contribution is -0.115. The van der Waals surface area contributed by atoms with Crippen LogP contribution in [0.2, 0.25) is 0 Å².